The fourth-order valence-corrected chi connectivity index (χ4v) is 9.07. The van der Waals surface area contributed by atoms with E-state index in [0.29, 0.717) is 71.6 Å². The van der Waals surface area contributed by atoms with Crippen molar-refractivity contribution in [2.75, 3.05) is 66.8 Å². The van der Waals surface area contributed by atoms with E-state index in [1.165, 1.54) is 77.0 Å². The maximum absolute atomic E-state index is 14.2. The van der Waals surface area contributed by atoms with Crippen LogP contribution in [0.5, 0.6) is 0 Å². The van der Waals surface area contributed by atoms with E-state index in [0.717, 1.165) is 109 Å². The summed E-state index contributed by atoms with van der Waals surface area (Å²) in [5.74, 6) is -1.39. The summed E-state index contributed by atoms with van der Waals surface area (Å²) >= 11 is 0. The zero-order valence-corrected chi connectivity index (χ0v) is 50.2. The third-order valence-electron chi connectivity index (χ3n) is 13.8. The molecule has 75 heavy (non-hydrogen) atoms. The highest BCUT2D eigenvalue weighted by Gasteiger charge is 2.28. The molecule has 444 valence electrons. The minimum absolute atomic E-state index is 0.0528. The van der Waals surface area contributed by atoms with Gasteiger partial charge in [-0.05, 0) is 111 Å². The van der Waals surface area contributed by atoms with Gasteiger partial charge >= 0.3 is 17.9 Å². The predicted molar refractivity (Wildman–Crippen MR) is 307 cm³/mol. The lowest BCUT2D eigenvalue weighted by atomic mass is 10.1. The number of carbonyl (C=O) groups is 4. The molecule has 0 heterocycles. The number of hydrogen-bond donors (Lipinski definition) is 0. The fraction of sp³-hybridized carbons (Fsp3) is 0.935. The molecule has 1 atom stereocenters. The maximum atomic E-state index is 14.2. The molecule has 0 aromatic carbocycles. The summed E-state index contributed by atoms with van der Waals surface area (Å²) in [6.45, 7) is 16.6. The molecular formula is C62H120N2O11. The highest BCUT2D eigenvalue weighted by atomic mass is 16.7. The Morgan fingerprint density at radius 2 is 0.747 bits per heavy atom. The van der Waals surface area contributed by atoms with Gasteiger partial charge in [0.2, 0.25) is 5.91 Å². The number of amides is 1. The van der Waals surface area contributed by atoms with Gasteiger partial charge in [-0.1, -0.05) is 170 Å². The van der Waals surface area contributed by atoms with Crippen LogP contribution in [0.4, 0.5) is 0 Å². The molecule has 13 nitrogen and oxygen atoms in total. The van der Waals surface area contributed by atoms with E-state index in [1.54, 1.807) is 4.90 Å². The van der Waals surface area contributed by atoms with Crippen LogP contribution in [0.15, 0.2) is 0 Å². The first-order valence-electron chi connectivity index (χ1n) is 31.5. The van der Waals surface area contributed by atoms with Crippen LogP contribution in [0, 0.1) is 0 Å². The molecule has 0 radical (unpaired) electrons. The van der Waals surface area contributed by atoms with Crippen molar-refractivity contribution in [3.8, 4) is 0 Å². The molecule has 0 spiro atoms. The van der Waals surface area contributed by atoms with Gasteiger partial charge in [-0.2, -0.15) is 0 Å². The highest BCUT2D eigenvalue weighted by molar-refractivity contribution is 5.82. The summed E-state index contributed by atoms with van der Waals surface area (Å²) in [6.07, 6.45) is 34.6. The van der Waals surface area contributed by atoms with Crippen LogP contribution in [0.3, 0.4) is 0 Å². The molecule has 0 N–H and O–H groups in total. The van der Waals surface area contributed by atoms with E-state index in [9.17, 15) is 19.2 Å². The molecule has 0 saturated carbocycles. The lowest BCUT2D eigenvalue weighted by molar-refractivity contribution is -0.156. The SMILES string of the molecule is CCCCCCCOC(CCCCC(=O)OCC(COC(=O)CCCCC(OCCCCCCC)OCCCCCCC)N(CCCN(C)C)C(=O)CCC(=O)OC(CCC)CCCCCC)OCCCCCCC. The average Bonchev–Trinajstić information content (AvgIpc) is 3.39. The minimum atomic E-state index is -0.725. The summed E-state index contributed by atoms with van der Waals surface area (Å²) in [7, 11) is 3.96. The van der Waals surface area contributed by atoms with Crippen molar-refractivity contribution in [3.05, 3.63) is 0 Å². The van der Waals surface area contributed by atoms with Crippen molar-refractivity contribution in [3.63, 3.8) is 0 Å². The molecule has 0 aliphatic heterocycles. The van der Waals surface area contributed by atoms with Crippen molar-refractivity contribution >= 4 is 23.8 Å². The van der Waals surface area contributed by atoms with Crippen molar-refractivity contribution in [2.24, 2.45) is 0 Å². The number of ether oxygens (including phenoxy) is 7. The third kappa shape index (κ3) is 47.4. The Morgan fingerprint density at radius 3 is 1.13 bits per heavy atom. The number of unbranched alkanes of at least 4 members (excludes halogenated alkanes) is 21. The number of carbonyl (C=O) groups excluding carboxylic acids is 4. The molecule has 0 saturated heterocycles. The van der Waals surface area contributed by atoms with E-state index < -0.39 is 6.04 Å². The van der Waals surface area contributed by atoms with Crippen molar-refractivity contribution < 1.29 is 52.3 Å². The van der Waals surface area contributed by atoms with E-state index in [4.69, 9.17) is 33.2 Å². The second-order valence-corrected chi connectivity index (χ2v) is 21.5. The largest absolute Gasteiger partial charge is 0.463 e. The summed E-state index contributed by atoms with van der Waals surface area (Å²) in [5.41, 5.74) is 0. The zero-order valence-electron chi connectivity index (χ0n) is 50.2. The Morgan fingerprint density at radius 1 is 0.360 bits per heavy atom. The summed E-state index contributed by atoms with van der Waals surface area (Å²) in [6, 6.07) is -0.725. The normalized spacial score (nSPS) is 12.1. The minimum Gasteiger partial charge on any atom is -0.463 e. The topological polar surface area (TPSA) is 139 Å². The molecule has 13 heteroatoms. The Hall–Kier alpha value is -2.32. The second-order valence-electron chi connectivity index (χ2n) is 21.5. The molecule has 0 aromatic heterocycles. The summed E-state index contributed by atoms with van der Waals surface area (Å²) in [4.78, 5) is 57.9. The van der Waals surface area contributed by atoms with Gasteiger partial charge < -0.3 is 43.0 Å². The van der Waals surface area contributed by atoms with Gasteiger partial charge in [-0.25, -0.2) is 0 Å². The van der Waals surface area contributed by atoms with Gasteiger partial charge in [0.25, 0.3) is 0 Å². The lowest BCUT2D eigenvalue weighted by Crippen LogP contribution is -2.47. The first-order chi connectivity index (χ1) is 36.5. The maximum Gasteiger partial charge on any atom is 0.306 e. The number of hydrogen-bond acceptors (Lipinski definition) is 12. The van der Waals surface area contributed by atoms with Gasteiger partial charge in [0.15, 0.2) is 12.6 Å². The van der Waals surface area contributed by atoms with Crippen molar-refractivity contribution in [1.82, 2.24) is 9.80 Å². The Balaban J connectivity index is 5.90. The van der Waals surface area contributed by atoms with Crippen LogP contribution in [0.1, 0.15) is 286 Å². The molecule has 0 aliphatic rings. The Labute approximate surface area is 461 Å². The zero-order chi connectivity index (χ0) is 55.3. The number of nitrogens with zero attached hydrogens (tertiary/aromatic N) is 2. The molecule has 1 unspecified atom stereocenters. The third-order valence-corrected chi connectivity index (χ3v) is 13.8. The molecule has 0 aromatic rings. The molecule has 0 aliphatic carbocycles. The van der Waals surface area contributed by atoms with Crippen molar-refractivity contribution in [2.45, 2.75) is 310 Å². The number of esters is 3. The molecule has 0 rings (SSSR count). The molecule has 0 bridgehead atoms. The first kappa shape index (κ1) is 72.7. The molecule has 1 amide bonds. The Bertz CT molecular complexity index is 1200. The Kier molecular flexibility index (Phi) is 53.3. The fourth-order valence-electron chi connectivity index (χ4n) is 9.07. The van der Waals surface area contributed by atoms with E-state index in [-0.39, 0.29) is 81.4 Å². The van der Waals surface area contributed by atoms with Gasteiger partial charge in [0.05, 0.1) is 12.5 Å². The standard InChI is InChI=1S/C62H120N2O11/c1-9-15-20-25-34-49-69-61(70-50-35-26-21-16-10-2)43-32-30-41-58(66)73-53-55(64(48-38-47-63(7)8)57(65)45-46-60(68)75-56(39-14-6)40-29-24-19-13-5)54-74-59(67)42-31-33-44-62(71-51-36-27-22-17-11-3)72-52-37-28-23-18-12-4/h55-56,61-62H,9-54H2,1-8H3. The van der Waals surface area contributed by atoms with Crippen LogP contribution < -0.4 is 0 Å². The van der Waals surface area contributed by atoms with E-state index in [2.05, 4.69) is 41.5 Å². The average molecular weight is 1070 g/mol. The van der Waals surface area contributed by atoms with Gasteiger partial charge in [0, 0.05) is 52.2 Å². The number of rotatable bonds is 58. The molecule has 0 fully saturated rings. The highest BCUT2D eigenvalue weighted by Crippen LogP contribution is 2.18. The second kappa shape index (κ2) is 55.0. The van der Waals surface area contributed by atoms with Gasteiger partial charge in [-0.3, -0.25) is 19.2 Å². The quantitative estimate of drug-likeness (QED) is 0.0248. The van der Waals surface area contributed by atoms with E-state index >= 15 is 0 Å². The van der Waals surface area contributed by atoms with Crippen LogP contribution >= 0.6 is 0 Å². The van der Waals surface area contributed by atoms with Gasteiger partial charge in [-0.15, -0.1) is 0 Å². The smallest absolute Gasteiger partial charge is 0.306 e. The van der Waals surface area contributed by atoms with Gasteiger partial charge in [0.1, 0.15) is 19.3 Å². The summed E-state index contributed by atoms with van der Waals surface area (Å²) in [5, 5.41) is 0. The summed E-state index contributed by atoms with van der Waals surface area (Å²) < 4.78 is 42.6. The first-order valence-corrected chi connectivity index (χ1v) is 31.5. The van der Waals surface area contributed by atoms with E-state index in [1.807, 2.05) is 19.0 Å². The molecular weight excluding hydrogens is 949 g/mol. The van der Waals surface area contributed by atoms with Crippen LogP contribution in [0.25, 0.3) is 0 Å². The van der Waals surface area contributed by atoms with Crippen LogP contribution in [-0.4, -0.2) is 125 Å². The lowest BCUT2D eigenvalue weighted by Gasteiger charge is -2.32. The van der Waals surface area contributed by atoms with Crippen LogP contribution in [-0.2, 0) is 52.3 Å². The van der Waals surface area contributed by atoms with Crippen molar-refractivity contribution in [1.29, 1.82) is 0 Å². The predicted octanol–water partition coefficient (Wildman–Crippen LogP) is 15.4. The van der Waals surface area contributed by atoms with Crippen LogP contribution in [0.2, 0.25) is 0 Å². The monoisotopic (exact) mass is 1070 g/mol.